The predicted octanol–water partition coefficient (Wildman–Crippen LogP) is 3.22. The lowest BCUT2D eigenvalue weighted by molar-refractivity contribution is 0.344. The molecule has 0 bridgehead atoms. The zero-order valence-electron chi connectivity index (χ0n) is 10.2. The molecule has 0 radical (unpaired) electrons. The Labute approximate surface area is 95.2 Å². The van der Waals surface area contributed by atoms with Gasteiger partial charge in [-0.1, -0.05) is 37.5 Å². The summed E-state index contributed by atoms with van der Waals surface area (Å²) in [4.78, 5) is 0. The minimum atomic E-state index is 0.817. The van der Waals surface area contributed by atoms with Crippen LogP contribution in [0.2, 0.25) is 6.32 Å². The van der Waals surface area contributed by atoms with Crippen LogP contribution >= 0.6 is 0 Å². The SMILES string of the molecule is BC[C@@H]1C=C[C@H]([C@@H]2C=C[C@H](C)CC2)CC1. The summed E-state index contributed by atoms with van der Waals surface area (Å²) in [6, 6.07) is 0. The predicted molar refractivity (Wildman–Crippen MR) is 69.7 cm³/mol. The summed E-state index contributed by atoms with van der Waals surface area (Å²) in [6.07, 6.45) is 16.8. The van der Waals surface area contributed by atoms with Gasteiger partial charge in [-0.05, 0) is 49.4 Å². The Kier molecular flexibility index (Phi) is 3.72. The van der Waals surface area contributed by atoms with Crippen LogP contribution in [0.5, 0.6) is 0 Å². The molecule has 0 aliphatic heterocycles. The largest absolute Gasteiger partial charge is 0.102 e. The summed E-state index contributed by atoms with van der Waals surface area (Å²) in [5, 5.41) is 0. The molecule has 0 amide bonds. The molecule has 0 fully saturated rings. The maximum Gasteiger partial charge on any atom is 0.102 e. The topological polar surface area (TPSA) is 0 Å². The van der Waals surface area contributed by atoms with Gasteiger partial charge >= 0.3 is 0 Å². The molecule has 82 valence electrons. The third kappa shape index (κ3) is 2.77. The van der Waals surface area contributed by atoms with Gasteiger partial charge in [0.05, 0.1) is 0 Å². The normalized spacial score (nSPS) is 40.6. The highest BCUT2D eigenvalue weighted by atomic mass is 14.3. The molecule has 0 aromatic heterocycles. The van der Waals surface area contributed by atoms with Gasteiger partial charge < -0.3 is 0 Å². The molecule has 0 saturated carbocycles. The molecule has 2 rings (SSSR count). The summed E-state index contributed by atoms with van der Waals surface area (Å²) < 4.78 is 0. The van der Waals surface area contributed by atoms with Gasteiger partial charge in [-0.15, -0.1) is 0 Å². The molecular weight excluding hydrogens is 179 g/mol. The maximum atomic E-state index is 2.50. The van der Waals surface area contributed by atoms with Gasteiger partial charge in [0.1, 0.15) is 7.85 Å². The minimum Gasteiger partial charge on any atom is -0.0858 e. The number of rotatable bonds is 2. The summed E-state index contributed by atoms with van der Waals surface area (Å²) in [6.45, 7) is 2.33. The van der Waals surface area contributed by atoms with Gasteiger partial charge in [-0.2, -0.15) is 0 Å². The zero-order valence-corrected chi connectivity index (χ0v) is 10.2. The van der Waals surface area contributed by atoms with E-state index in [2.05, 4.69) is 39.1 Å². The van der Waals surface area contributed by atoms with Gasteiger partial charge in [0, 0.05) is 0 Å². The first-order chi connectivity index (χ1) is 7.29. The van der Waals surface area contributed by atoms with Gasteiger partial charge in [-0.25, -0.2) is 0 Å². The molecule has 0 nitrogen and oxygen atoms in total. The Morgan fingerprint density at radius 2 is 1.60 bits per heavy atom. The Morgan fingerprint density at radius 3 is 2.07 bits per heavy atom. The molecule has 15 heavy (non-hydrogen) atoms. The fourth-order valence-electron chi connectivity index (χ4n) is 2.93. The maximum absolute atomic E-state index is 2.50. The fourth-order valence-corrected chi connectivity index (χ4v) is 2.93. The molecule has 4 atom stereocenters. The van der Waals surface area contributed by atoms with E-state index in [1.807, 2.05) is 0 Å². The molecule has 0 aromatic carbocycles. The van der Waals surface area contributed by atoms with Crippen molar-refractivity contribution in [1.29, 1.82) is 0 Å². The van der Waals surface area contributed by atoms with Crippen LogP contribution in [-0.2, 0) is 0 Å². The van der Waals surface area contributed by atoms with Crippen molar-refractivity contribution in [2.45, 2.75) is 38.9 Å². The lowest BCUT2D eigenvalue weighted by atomic mass is 9.74. The second kappa shape index (κ2) is 5.05. The quantitative estimate of drug-likeness (QED) is 0.476. The minimum absolute atomic E-state index is 0.817. The third-order valence-electron chi connectivity index (χ3n) is 4.22. The van der Waals surface area contributed by atoms with E-state index < -0.39 is 0 Å². The van der Waals surface area contributed by atoms with Crippen LogP contribution < -0.4 is 0 Å². The lowest BCUT2D eigenvalue weighted by Crippen LogP contribution is -2.19. The van der Waals surface area contributed by atoms with Crippen molar-refractivity contribution in [2.75, 3.05) is 0 Å². The average molecular weight is 202 g/mol. The Bertz CT molecular complexity index is 254. The molecule has 0 aromatic rings. The Balaban J connectivity index is 1.93. The van der Waals surface area contributed by atoms with E-state index in [1.54, 1.807) is 0 Å². The van der Waals surface area contributed by atoms with Crippen LogP contribution in [0.25, 0.3) is 0 Å². The summed E-state index contributed by atoms with van der Waals surface area (Å²) in [5.74, 6) is 3.37. The van der Waals surface area contributed by atoms with Crippen molar-refractivity contribution < 1.29 is 0 Å². The van der Waals surface area contributed by atoms with E-state index in [-0.39, 0.29) is 0 Å². The summed E-state index contributed by atoms with van der Waals surface area (Å²) in [5.41, 5.74) is 0. The van der Waals surface area contributed by atoms with Crippen LogP contribution in [0.3, 0.4) is 0 Å². The first kappa shape index (κ1) is 11.0. The monoisotopic (exact) mass is 202 g/mol. The highest BCUT2D eigenvalue weighted by molar-refractivity contribution is 6.08. The lowest BCUT2D eigenvalue weighted by Gasteiger charge is -2.30. The summed E-state index contributed by atoms with van der Waals surface area (Å²) in [7, 11) is 2.30. The highest BCUT2D eigenvalue weighted by Gasteiger charge is 2.23. The molecule has 0 N–H and O–H groups in total. The van der Waals surface area contributed by atoms with Crippen molar-refractivity contribution in [3.05, 3.63) is 24.3 Å². The van der Waals surface area contributed by atoms with E-state index in [0.29, 0.717) is 0 Å². The highest BCUT2D eigenvalue weighted by Crippen LogP contribution is 2.35. The van der Waals surface area contributed by atoms with Gasteiger partial charge in [0.25, 0.3) is 0 Å². The van der Waals surface area contributed by atoms with Crippen LogP contribution in [0.1, 0.15) is 32.6 Å². The van der Waals surface area contributed by atoms with Gasteiger partial charge in [-0.3, -0.25) is 0 Å². The number of hydrogen-bond acceptors (Lipinski definition) is 0. The first-order valence-corrected chi connectivity index (χ1v) is 6.66. The second-order valence-corrected chi connectivity index (χ2v) is 5.40. The summed E-state index contributed by atoms with van der Waals surface area (Å²) >= 11 is 0. The van der Waals surface area contributed by atoms with Gasteiger partial charge in [0.2, 0.25) is 0 Å². The van der Waals surface area contributed by atoms with Crippen molar-refractivity contribution in [3.8, 4) is 0 Å². The van der Waals surface area contributed by atoms with E-state index in [9.17, 15) is 0 Å². The van der Waals surface area contributed by atoms with Crippen molar-refractivity contribution in [1.82, 2.24) is 0 Å². The Morgan fingerprint density at radius 1 is 0.933 bits per heavy atom. The molecule has 0 unspecified atom stereocenters. The van der Waals surface area contributed by atoms with Crippen molar-refractivity contribution in [2.24, 2.45) is 23.7 Å². The van der Waals surface area contributed by atoms with E-state index in [1.165, 1.54) is 32.0 Å². The zero-order chi connectivity index (χ0) is 10.7. The third-order valence-corrected chi connectivity index (χ3v) is 4.22. The molecular formula is C14H23B. The Hall–Kier alpha value is -0.455. The first-order valence-electron chi connectivity index (χ1n) is 6.66. The van der Waals surface area contributed by atoms with Crippen LogP contribution in [0.15, 0.2) is 24.3 Å². The second-order valence-electron chi connectivity index (χ2n) is 5.40. The van der Waals surface area contributed by atoms with E-state index in [0.717, 1.165) is 23.7 Å². The molecule has 2 aliphatic carbocycles. The van der Waals surface area contributed by atoms with Crippen molar-refractivity contribution >= 4 is 7.85 Å². The fraction of sp³-hybridized carbons (Fsp3) is 0.714. The van der Waals surface area contributed by atoms with Crippen LogP contribution in [0.4, 0.5) is 0 Å². The molecule has 1 heteroatoms. The molecule has 2 aliphatic rings. The molecule has 0 heterocycles. The van der Waals surface area contributed by atoms with Crippen LogP contribution in [-0.4, -0.2) is 7.85 Å². The smallest absolute Gasteiger partial charge is 0.0858 e. The van der Waals surface area contributed by atoms with E-state index in [4.69, 9.17) is 0 Å². The van der Waals surface area contributed by atoms with E-state index >= 15 is 0 Å². The average Bonchev–Trinajstić information content (AvgIpc) is 2.30. The standard InChI is InChI=1S/C14H23B/c1-11-2-6-13(7-3-11)14-8-4-12(10-15)5-9-14/h2,4,6,8,11-14H,3,5,7,9-10,15H2,1H3/t11-,12+,13+,14-/m0/s1. The molecule has 0 spiro atoms. The molecule has 0 saturated heterocycles. The van der Waals surface area contributed by atoms with Gasteiger partial charge in [0.15, 0.2) is 0 Å². The number of hydrogen-bond donors (Lipinski definition) is 0. The van der Waals surface area contributed by atoms with Crippen molar-refractivity contribution in [3.63, 3.8) is 0 Å². The van der Waals surface area contributed by atoms with Crippen LogP contribution in [0, 0.1) is 23.7 Å². The number of allylic oxidation sites excluding steroid dienone is 4.